The van der Waals surface area contributed by atoms with Gasteiger partial charge in [0.1, 0.15) is 5.75 Å². The first-order valence-electron chi connectivity index (χ1n) is 13.6. The highest BCUT2D eigenvalue weighted by Crippen LogP contribution is 2.38. The van der Waals surface area contributed by atoms with Crippen molar-refractivity contribution in [2.24, 2.45) is 5.92 Å². The molecular weight excluding hydrogens is 598 g/mol. The van der Waals surface area contributed by atoms with Crippen molar-refractivity contribution >= 4 is 51.6 Å². The normalized spacial score (nSPS) is 13.4. The lowest BCUT2D eigenvalue weighted by molar-refractivity contribution is -0.136. The molecule has 12 heteroatoms. The predicted molar refractivity (Wildman–Crippen MR) is 163 cm³/mol. The molecule has 2 amide bonds. The lowest BCUT2D eigenvalue weighted by Crippen LogP contribution is -2.35. The fourth-order valence-electron chi connectivity index (χ4n) is 4.69. The van der Waals surface area contributed by atoms with E-state index in [1.807, 2.05) is 0 Å². The Balaban J connectivity index is 1.24. The standard InChI is InChI=1S/C31H29Cl2FN4O5/c1-41-28-14-23-25(15-29(28)42-17-18-4-7-35-8-5-18)36-9-6-26(23)43-27-3-2-22(13-24(27)34)38-31(40)30(39)37-16-19-10-20(32)12-21(33)11-19/h2-3,6,9-15,18,35H,4-5,7-8,16-17H2,1H3,(H,37,39)(H,38,40). The van der Waals surface area contributed by atoms with Gasteiger partial charge in [0.05, 0.1) is 19.2 Å². The van der Waals surface area contributed by atoms with E-state index in [1.165, 1.54) is 12.1 Å². The van der Waals surface area contributed by atoms with Crippen LogP contribution in [0.15, 0.2) is 60.8 Å². The number of pyridine rings is 1. The summed E-state index contributed by atoms with van der Waals surface area (Å²) < 4.78 is 32.6. The third-order valence-corrected chi connectivity index (χ3v) is 7.35. The lowest BCUT2D eigenvalue weighted by atomic mass is 9.99. The number of carbonyl (C=O) groups excluding carboxylic acids is 2. The van der Waals surface area contributed by atoms with Gasteiger partial charge in [0.15, 0.2) is 23.1 Å². The summed E-state index contributed by atoms with van der Waals surface area (Å²) in [7, 11) is 1.55. The molecule has 2 heterocycles. The molecule has 3 aromatic carbocycles. The molecule has 1 aliphatic rings. The number of benzene rings is 3. The van der Waals surface area contributed by atoms with E-state index >= 15 is 4.39 Å². The van der Waals surface area contributed by atoms with E-state index in [9.17, 15) is 9.59 Å². The number of fused-ring (bicyclic) bond motifs is 1. The van der Waals surface area contributed by atoms with Crippen molar-refractivity contribution in [1.82, 2.24) is 15.6 Å². The molecule has 1 aliphatic heterocycles. The Morgan fingerprint density at radius 3 is 2.44 bits per heavy atom. The third kappa shape index (κ3) is 7.84. The molecule has 3 N–H and O–H groups in total. The summed E-state index contributed by atoms with van der Waals surface area (Å²) >= 11 is 11.9. The number of rotatable bonds is 9. The van der Waals surface area contributed by atoms with Crippen LogP contribution < -0.4 is 30.2 Å². The van der Waals surface area contributed by atoms with Gasteiger partial charge in [0.2, 0.25) is 0 Å². The Kier molecular flexibility index (Phi) is 9.81. The highest BCUT2D eigenvalue weighted by atomic mass is 35.5. The minimum atomic E-state index is -0.966. The number of halogens is 3. The highest BCUT2D eigenvalue weighted by Gasteiger charge is 2.18. The van der Waals surface area contributed by atoms with E-state index in [2.05, 4.69) is 20.9 Å². The molecule has 0 spiro atoms. The number of aromatic nitrogens is 1. The van der Waals surface area contributed by atoms with Gasteiger partial charge in [0.25, 0.3) is 0 Å². The molecule has 0 atom stereocenters. The zero-order valence-corrected chi connectivity index (χ0v) is 24.7. The number of nitrogens with one attached hydrogen (secondary N) is 3. The molecule has 0 bridgehead atoms. The van der Waals surface area contributed by atoms with Crippen LogP contribution in [0, 0.1) is 11.7 Å². The summed E-state index contributed by atoms with van der Waals surface area (Å²) in [5.41, 5.74) is 1.29. The van der Waals surface area contributed by atoms with Gasteiger partial charge in [-0.15, -0.1) is 0 Å². The number of methoxy groups -OCH3 is 1. The molecule has 1 fully saturated rings. The topological polar surface area (TPSA) is 111 Å². The Morgan fingerprint density at radius 2 is 1.72 bits per heavy atom. The van der Waals surface area contributed by atoms with E-state index in [-0.39, 0.29) is 18.0 Å². The number of amides is 2. The van der Waals surface area contributed by atoms with E-state index in [4.69, 9.17) is 37.4 Å². The first-order valence-corrected chi connectivity index (χ1v) is 14.4. The molecule has 4 aromatic rings. The second-order valence-corrected chi connectivity index (χ2v) is 10.9. The molecule has 0 saturated carbocycles. The van der Waals surface area contributed by atoms with Crippen LogP contribution in [0.5, 0.6) is 23.0 Å². The van der Waals surface area contributed by atoms with Gasteiger partial charge < -0.3 is 30.2 Å². The van der Waals surface area contributed by atoms with Crippen LogP contribution in [0.1, 0.15) is 18.4 Å². The summed E-state index contributed by atoms with van der Waals surface area (Å²) in [6.45, 7) is 2.56. The number of carbonyl (C=O) groups is 2. The molecule has 0 aliphatic carbocycles. The number of hydrogen-bond acceptors (Lipinski definition) is 7. The van der Waals surface area contributed by atoms with E-state index in [0.29, 0.717) is 56.3 Å². The second kappa shape index (κ2) is 13.9. The smallest absolute Gasteiger partial charge is 0.313 e. The van der Waals surface area contributed by atoms with Gasteiger partial charge in [0, 0.05) is 46.0 Å². The fourth-order valence-corrected chi connectivity index (χ4v) is 5.26. The van der Waals surface area contributed by atoms with Crippen LogP contribution in [0.2, 0.25) is 10.0 Å². The minimum Gasteiger partial charge on any atom is -0.493 e. The molecule has 1 saturated heterocycles. The van der Waals surface area contributed by atoms with Crippen molar-refractivity contribution in [2.45, 2.75) is 19.4 Å². The average Bonchev–Trinajstić information content (AvgIpc) is 2.99. The number of hydrogen-bond donors (Lipinski definition) is 3. The van der Waals surface area contributed by atoms with Crippen LogP contribution in [0.4, 0.5) is 10.1 Å². The lowest BCUT2D eigenvalue weighted by Gasteiger charge is -2.23. The monoisotopic (exact) mass is 626 g/mol. The summed E-state index contributed by atoms with van der Waals surface area (Å²) in [6, 6.07) is 13.8. The average molecular weight is 627 g/mol. The first-order chi connectivity index (χ1) is 20.8. The van der Waals surface area contributed by atoms with Gasteiger partial charge in [-0.3, -0.25) is 14.6 Å². The molecule has 9 nitrogen and oxygen atoms in total. The van der Waals surface area contributed by atoms with Crippen LogP contribution in [-0.4, -0.2) is 43.6 Å². The third-order valence-electron chi connectivity index (χ3n) is 6.91. The molecule has 224 valence electrons. The molecule has 0 radical (unpaired) electrons. The molecular formula is C31H29Cl2FN4O5. The van der Waals surface area contributed by atoms with Gasteiger partial charge in [-0.25, -0.2) is 4.39 Å². The van der Waals surface area contributed by atoms with Crippen molar-refractivity contribution in [3.8, 4) is 23.0 Å². The largest absolute Gasteiger partial charge is 0.493 e. The van der Waals surface area contributed by atoms with Gasteiger partial charge in [-0.1, -0.05) is 23.2 Å². The van der Waals surface area contributed by atoms with Crippen molar-refractivity contribution in [1.29, 1.82) is 0 Å². The summed E-state index contributed by atoms with van der Waals surface area (Å²) in [4.78, 5) is 29.1. The molecule has 1 aromatic heterocycles. The molecule has 0 unspecified atom stereocenters. The maximum atomic E-state index is 15.1. The second-order valence-electron chi connectivity index (χ2n) is 10.00. The Labute approximate surface area is 257 Å². The van der Waals surface area contributed by atoms with E-state index in [0.717, 1.165) is 32.0 Å². The van der Waals surface area contributed by atoms with Crippen molar-refractivity contribution in [2.75, 3.05) is 32.1 Å². The van der Waals surface area contributed by atoms with E-state index in [1.54, 1.807) is 49.7 Å². The number of anilines is 1. The SMILES string of the molecule is COc1cc2c(Oc3ccc(NC(=O)C(=O)NCc4cc(Cl)cc(Cl)c4)cc3F)ccnc2cc1OCC1CCNCC1. The Morgan fingerprint density at radius 1 is 0.953 bits per heavy atom. The first kappa shape index (κ1) is 30.3. The van der Waals surface area contributed by atoms with Gasteiger partial charge in [-0.2, -0.15) is 0 Å². The van der Waals surface area contributed by atoms with Crippen LogP contribution in [0.25, 0.3) is 10.9 Å². The van der Waals surface area contributed by atoms with Gasteiger partial charge in [-0.05, 0) is 79.9 Å². The fraction of sp³-hybridized carbons (Fsp3) is 0.258. The maximum Gasteiger partial charge on any atom is 0.313 e. The van der Waals surface area contributed by atoms with Crippen molar-refractivity contribution in [3.05, 3.63) is 82.2 Å². The number of nitrogens with zero attached hydrogens (tertiary/aromatic N) is 1. The maximum absolute atomic E-state index is 15.1. The zero-order chi connectivity index (χ0) is 30.3. The van der Waals surface area contributed by atoms with E-state index < -0.39 is 17.6 Å². The van der Waals surface area contributed by atoms with Crippen LogP contribution in [0.3, 0.4) is 0 Å². The summed E-state index contributed by atoms with van der Waals surface area (Å²) in [5.74, 6) is -0.810. The Bertz CT molecular complexity index is 1630. The van der Waals surface area contributed by atoms with Crippen LogP contribution >= 0.6 is 23.2 Å². The molecule has 5 rings (SSSR count). The summed E-state index contributed by atoms with van der Waals surface area (Å²) in [6.07, 6.45) is 3.66. The van der Waals surface area contributed by atoms with Crippen molar-refractivity contribution < 1.29 is 28.2 Å². The Hall–Kier alpha value is -4.12. The van der Waals surface area contributed by atoms with Gasteiger partial charge >= 0.3 is 11.8 Å². The summed E-state index contributed by atoms with van der Waals surface area (Å²) in [5, 5.41) is 9.60. The van der Waals surface area contributed by atoms with Crippen molar-refractivity contribution in [3.63, 3.8) is 0 Å². The quantitative estimate of drug-likeness (QED) is 0.192. The highest BCUT2D eigenvalue weighted by molar-refractivity contribution is 6.39. The predicted octanol–water partition coefficient (Wildman–Crippen LogP) is 6.11. The van der Waals surface area contributed by atoms with Crippen LogP contribution in [-0.2, 0) is 16.1 Å². The minimum absolute atomic E-state index is 0.0319. The molecule has 43 heavy (non-hydrogen) atoms. The zero-order valence-electron chi connectivity index (χ0n) is 23.2. The number of ether oxygens (including phenoxy) is 3. The number of piperidine rings is 1.